The number of aliphatic hydroxyl groups is 1. The Kier molecular flexibility index (Phi) is 3.75. The zero-order chi connectivity index (χ0) is 9.68. The van der Waals surface area contributed by atoms with Crippen molar-refractivity contribution < 1.29 is 9.50 Å². The molecule has 1 nitrogen and oxygen atoms in total. The molecule has 0 aliphatic carbocycles. The van der Waals surface area contributed by atoms with Crippen molar-refractivity contribution in [2.45, 2.75) is 6.61 Å². The highest BCUT2D eigenvalue weighted by Gasteiger charge is 2.03. The number of hydrogen-bond acceptors (Lipinski definition) is 1. The van der Waals surface area contributed by atoms with Gasteiger partial charge >= 0.3 is 0 Å². The highest BCUT2D eigenvalue weighted by atomic mass is 35.5. The SMILES string of the molecule is OCc1cccc(C#CCCl)c1F. The third-order valence-corrected chi connectivity index (χ3v) is 1.67. The monoisotopic (exact) mass is 198 g/mol. The van der Waals surface area contributed by atoms with E-state index in [1.807, 2.05) is 0 Å². The van der Waals surface area contributed by atoms with Crippen LogP contribution in [0.1, 0.15) is 11.1 Å². The van der Waals surface area contributed by atoms with Gasteiger partial charge in [0.15, 0.2) is 0 Å². The molecule has 1 rings (SSSR count). The van der Waals surface area contributed by atoms with Gasteiger partial charge in [0, 0.05) is 5.56 Å². The fourth-order valence-electron chi connectivity index (χ4n) is 0.927. The van der Waals surface area contributed by atoms with Crippen molar-refractivity contribution in [3.8, 4) is 11.8 Å². The molecule has 1 aromatic rings. The van der Waals surface area contributed by atoms with Gasteiger partial charge in [0.2, 0.25) is 0 Å². The van der Waals surface area contributed by atoms with Crippen molar-refractivity contribution >= 4 is 11.6 Å². The molecule has 0 aromatic heterocycles. The summed E-state index contributed by atoms with van der Waals surface area (Å²) in [5, 5.41) is 8.75. The molecule has 0 radical (unpaired) electrons. The molecule has 0 saturated carbocycles. The lowest BCUT2D eigenvalue weighted by atomic mass is 10.1. The first-order valence-corrected chi connectivity index (χ1v) is 4.26. The molecular weight excluding hydrogens is 191 g/mol. The Morgan fingerprint density at radius 2 is 2.23 bits per heavy atom. The van der Waals surface area contributed by atoms with Crippen LogP contribution in [0.3, 0.4) is 0 Å². The van der Waals surface area contributed by atoms with Crippen LogP contribution in [0.25, 0.3) is 0 Å². The number of rotatable bonds is 1. The van der Waals surface area contributed by atoms with Crippen LogP contribution in [0.2, 0.25) is 0 Å². The molecule has 0 aliphatic rings. The second-order valence-electron chi connectivity index (χ2n) is 2.37. The standard InChI is InChI=1S/C10H8ClFO/c11-6-2-5-8-3-1-4-9(7-13)10(8)12/h1,3-4,13H,6-7H2. The van der Waals surface area contributed by atoms with Crippen LogP contribution >= 0.6 is 11.6 Å². The Morgan fingerprint density at radius 1 is 1.46 bits per heavy atom. The largest absolute Gasteiger partial charge is 0.392 e. The smallest absolute Gasteiger partial charge is 0.144 e. The number of hydrogen-bond donors (Lipinski definition) is 1. The minimum atomic E-state index is -0.470. The number of benzene rings is 1. The maximum atomic E-state index is 13.3. The summed E-state index contributed by atoms with van der Waals surface area (Å²) >= 11 is 5.33. The number of aliphatic hydroxyl groups excluding tert-OH is 1. The summed E-state index contributed by atoms with van der Waals surface area (Å²) in [6, 6.07) is 4.71. The summed E-state index contributed by atoms with van der Waals surface area (Å²) in [6.07, 6.45) is 0. The summed E-state index contributed by atoms with van der Waals surface area (Å²) in [6.45, 7) is -0.317. The zero-order valence-corrected chi connectivity index (χ0v) is 7.61. The zero-order valence-electron chi connectivity index (χ0n) is 6.85. The van der Waals surface area contributed by atoms with Gasteiger partial charge in [-0.3, -0.25) is 0 Å². The van der Waals surface area contributed by atoms with Gasteiger partial charge in [0.1, 0.15) is 5.82 Å². The lowest BCUT2D eigenvalue weighted by molar-refractivity contribution is 0.275. The fraction of sp³-hybridized carbons (Fsp3) is 0.200. The highest BCUT2D eigenvalue weighted by molar-refractivity contribution is 6.19. The van der Waals surface area contributed by atoms with Gasteiger partial charge in [-0.25, -0.2) is 4.39 Å². The quantitative estimate of drug-likeness (QED) is 0.540. The molecule has 0 fully saturated rings. The van der Waals surface area contributed by atoms with Crippen molar-refractivity contribution in [2.75, 3.05) is 5.88 Å². The molecule has 0 amide bonds. The van der Waals surface area contributed by atoms with E-state index in [0.29, 0.717) is 0 Å². The molecule has 0 atom stereocenters. The van der Waals surface area contributed by atoms with E-state index in [9.17, 15) is 4.39 Å². The van der Waals surface area contributed by atoms with E-state index in [1.165, 1.54) is 6.07 Å². The number of halogens is 2. The van der Waals surface area contributed by atoms with E-state index in [2.05, 4.69) is 11.8 Å². The Balaban J connectivity index is 3.08. The molecule has 13 heavy (non-hydrogen) atoms. The molecular formula is C10H8ClFO. The van der Waals surface area contributed by atoms with Gasteiger partial charge in [0.05, 0.1) is 18.1 Å². The van der Waals surface area contributed by atoms with Gasteiger partial charge in [-0.2, -0.15) is 0 Å². The van der Waals surface area contributed by atoms with Crippen LogP contribution in [0.15, 0.2) is 18.2 Å². The molecule has 1 aromatic carbocycles. The summed E-state index contributed by atoms with van der Waals surface area (Å²) in [7, 11) is 0. The summed E-state index contributed by atoms with van der Waals surface area (Å²) in [4.78, 5) is 0. The third kappa shape index (κ3) is 2.45. The second-order valence-corrected chi connectivity index (χ2v) is 2.64. The lowest BCUT2D eigenvalue weighted by Gasteiger charge is -1.99. The van der Waals surface area contributed by atoms with Gasteiger partial charge in [-0.15, -0.1) is 11.6 Å². The van der Waals surface area contributed by atoms with Crippen molar-refractivity contribution in [1.82, 2.24) is 0 Å². The topological polar surface area (TPSA) is 20.2 Å². The Morgan fingerprint density at radius 3 is 2.85 bits per heavy atom. The van der Waals surface area contributed by atoms with E-state index in [1.54, 1.807) is 12.1 Å². The molecule has 3 heteroatoms. The first kappa shape index (κ1) is 10.0. The van der Waals surface area contributed by atoms with Crippen molar-refractivity contribution in [3.63, 3.8) is 0 Å². The van der Waals surface area contributed by atoms with Crippen LogP contribution in [0.5, 0.6) is 0 Å². The highest BCUT2D eigenvalue weighted by Crippen LogP contribution is 2.11. The predicted molar refractivity (Wildman–Crippen MR) is 49.9 cm³/mol. The Hall–Kier alpha value is -1.04. The van der Waals surface area contributed by atoms with Gasteiger partial charge in [-0.1, -0.05) is 24.0 Å². The Bertz CT molecular complexity index is 352. The minimum Gasteiger partial charge on any atom is -0.392 e. The first-order chi connectivity index (χ1) is 6.29. The predicted octanol–water partition coefficient (Wildman–Crippen LogP) is 1.91. The van der Waals surface area contributed by atoms with Crippen molar-refractivity contribution in [3.05, 3.63) is 35.1 Å². The summed E-state index contributed by atoms with van der Waals surface area (Å²) < 4.78 is 13.3. The van der Waals surface area contributed by atoms with Crippen LogP contribution in [-0.2, 0) is 6.61 Å². The lowest BCUT2D eigenvalue weighted by Crippen LogP contribution is -1.92. The molecule has 0 spiro atoms. The fourth-order valence-corrected chi connectivity index (χ4v) is 0.994. The van der Waals surface area contributed by atoms with E-state index in [0.717, 1.165) is 0 Å². The molecule has 0 unspecified atom stereocenters. The molecule has 1 N–H and O–H groups in total. The third-order valence-electron chi connectivity index (χ3n) is 1.54. The Labute approximate surface area is 81.2 Å². The van der Waals surface area contributed by atoms with Crippen LogP contribution < -0.4 is 0 Å². The normalized spacial score (nSPS) is 9.15. The van der Waals surface area contributed by atoms with Crippen LogP contribution in [0.4, 0.5) is 4.39 Å². The van der Waals surface area contributed by atoms with Crippen LogP contribution in [-0.4, -0.2) is 11.0 Å². The molecule has 0 heterocycles. The van der Waals surface area contributed by atoms with Crippen molar-refractivity contribution in [2.24, 2.45) is 0 Å². The second kappa shape index (κ2) is 4.86. The molecule has 0 bridgehead atoms. The molecule has 0 aliphatic heterocycles. The van der Waals surface area contributed by atoms with E-state index in [4.69, 9.17) is 16.7 Å². The first-order valence-electron chi connectivity index (χ1n) is 3.72. The molecule has 68 valence electrons. The van der Waals surface area contributed by atoms with Gasteiger partial charge in [0.25, 0.3) is 0 Å². The molecule has 0 saturated heterocycles. The van der Waals surface area contributed by atoms with Crippen LogP contribution in [0, 0.1) is 17.7 Å². The maximum Gasteiger partial charge on any atom is 0.144 e. The van der Waals surface area contributed by atoms with Crippen molar-refractivity contribution in [1.29, 1.82) is 0 Å². The maximum absolute atomic E-state index is 13.3. The average molecular weight is 199 g/mol. The van der Waals surface area contributed by atoms with E-state index in [-0.39, 0.29) is 23.6 Å². The summed E-state index contributed by atoms with van der Waals surface area (Å²) in [5.74, 6) is 4.82. The van der Waals surface area contributed by atoms with E-state index < -0.39 is 5.82 Å². The minimum absolute atomic E-state index is 0.169. The average Bonchev–Trinajstić information content (AvgIpc) is 2.16. The summed E-state index contributed by atoms with van der Waals surface area (Å²) in [5.41, 5.74) is 0.522. The number of alkyl halides is 1. The van der Waals surface area contributed by atoms with E-state index >= 15 is 0 Å². The van der Waals surface area contributed by atoms with Gasteiger partial charge in [-0.05, 0) is 6.07 Å². The van der Waals surface area contributed by atoms with Gasteiger partial charge < -0.3 is 5.11 Å².